The van der Waals surface area contributed by atoms with E-state index in [1.54, 1.807) is 42.5 Å². The SMILES string of the molecule is NCCc1ccc(C(=O)Nc2ccccc2C(=O)Nc2ccc(Cl)cn2)c(OC2CCCNC2)c1.O=C(O)C(F)(F)F. The number of pyridine rings is 1. The Morgan fingerprint density at radius 1 is 1.07 bits per heavy atom. The fourth-order valence-electron chi connectivity index (χ4n) is 3.89. The van der Waals surface area contributed by atoms with Crippen LogP contribution in [0.15, 0.2) is 60.8 Å². The largest absolute Gasteiger partial charge is 0.490 e. The summed E-state index contributed by atoms with van der Waals surface area (Å²) < 4.78 is 38.0. The number of hydrogen-bond donors (Lipinski definition) is 5. The van der Waals surface area contributed by atoms with Gasteiger partial charge in [0, 0.05) is 12.7 Å². The zero-order valence-electron chi connectivity index (χ0n) is 22.2. The van der Waals surface area contributed by atoms with Gasteiger partial charge in [-0.2, -0.15) is 13.2 Å². The minimum atomic E-state index is -5.08. The third kappa shape index (κ3) is 9.72. The van der Waals surface area contributed by atoms with E-state index < -0.39 is 18.1 Å². The molecule has 0 radical (unpaired) electrons. The molecular formula is C28H29ClF3N5O5. The zero-order chi connectivity index (χ0) is 30.7. The lowest BCUT2D eigenvalue weighted by Gasteiger charge is -2.25. The summed E-state index contributed by atoms with van der Waals surface area (Å²) in [6, 6.07) is 15.5. The van der Waals surface area contributed by atoms with Crippen LogP contribution in [0.5, 0.6) is 5.75 Å². The molecule has 1 aliphatic heterocycles. The normalized spacial score (nSPS) is 14.6. The van der Waals surface area contributed by atoms with Crippen LogP contribution in [0.1, 0.15) is 39.1 Å². The van der Waals surface area contributed by atoms with E-state index in [4.69, 9.17) is 32.0 Å². The van der Waals surface area contributed by atoms with Crippen molar-refractivity contribution < 1.29 is 37.4 Å². The number of benzene rings is 2. The van der Waals surface area contributed by atoms with Gasteiger partial charge in [0.2, 0.25) is 0 Å². The molecule has 10 nitrogen and oxygen atoms in total. The molecule has 6 N–H and O–H groups in total. The standard InChI is InChI=1S/C26H28ClN5O3.C2HF3O2/c27-18-8-10-24(30-15-18)32-25(33)20-5-1-2-6-22(20)31-26(34)21-9-7-17(11-12-28)14-23(21)35-19-4-3-13-29-16-19;3-2(4,5)1(6)7/h1-2,5-10,14-15,19,29H,3-4,11-13,16,28H2,(H,31,34)(H,30,32,33);(H,6,7). The van der Waals surface area contributed by atoms with Crippen LogP contribution in [0.2, 0.25) is 5.02 Å². The highest BCUT2D eigenvalue weighted by molar-refractivity contribution is 6.30. The van der Waals surface area contributed by atoms with Gasteiger partial charge in [0.1, 0.15) is 17.7 Å². The quantitative estimate of drug-likeness (QED) is 0.251. The number of ether oxygens (including phenoxy) is 1. The number of hydrogen-bond acceptors (Lipinski definition) is 7. The average molecular weight is 608 g/mol. The predicted molar refractivity (Wildman–Crippen MR) is 151 cm³/mol. The second kappa shape index (κ2) is 15.1. The summed E-state index contributed by atoms with van der Waals surface area (Å²) in [5.74, 6) is -2.67. The van der Waals surface area contributed by atoms with E-state index in [-0.39, 0.29) is 12.0 Å². The van der Waals surface area contributed by atoms with E-state index in [0.29, 0.717) is 46.4 Å². The molecule has 42 heavy (non-hydrogen) atoms. The molecule has 4 rings (SSSR count). The molecule has 2 heterocycles. The number of aromatic nitrogens is 1. The molecule has 1 saturated heterocycles. The number of aliphatic carboxylic acids is 1. The smallest absolute Gasteiger partial charge is 0.488 e. The van der Waals surface area contributed by atoms with Gasteiger partial charge in [-0.15, -0.1) is 0 Å². The van der Waals surface area contributed by atoms with Crippen molar-refractivity contribution in [3.05, 3.63) is 82.5 Å². The molecule has 1 aliphatic rings. The third-order valence-corrected chi connectivity index (χ3v) is 6.12. The second-order valence-corrected chi connectivity index (χ2v) is 9.51. The Labute approximate surface area is 244 Å². The van der Waals surface area contributed by atoms with E-state index in [1.807, 2.05) is 12.1 Å². The van der Waals surface area contributed by atoms with E-state index in [2.05, 4.69) is 20.9 Å². The molecule has 0 spiro atoms. The van der Waals surface area contributed by atoms with Crippen molar-refractivity contribution in [2.45, 2.75) is 31.5 Å². The second-order valence-electron chi connectivity index (χ2n) is 9.07. The van der Waals surface area contributed by atoms with Crippen molar-refractivity contribution in [3.63, 3.8) is 0 Å². The number of alkyl halides is 3. The van der Waals surface area contributed by atoms with Gasteiger partial charge in [0.25, 0.3) is 11.8 Å². The summed E-state index contributed by atoms with van der Waals surface area (Å²) in [4.78, 5) is 39.2. The highest BCUT2D eigenvalue weighted by atomic mass is 35.5. The molecule has 1 aromatic heterocycles. The van der Waals surface area contributed by atoms with Crippen LogP contribution in [-0.2, 0) is 11.2 Å². The summed E-state index contributed by atoms with van der Waals surface area (Å²) in [5, 5.41) is 16.5. The molecule has 2 amide bonds. The summed E-state index contributed by atoms with van der Waals surface area (Å²) in [6.07, 6.45) is -1.05. The van der Waals surface area contributed by atoms with Gasteiger partial charge in [0.05, 0.1) is 21.8 Å². The van der Waals surface area contributed by atoms with E-state index >= 15 is 0 Å². The number of anilines is 2. The fraction of sp³-hybridized carbons (Fsp3) is 0.286. The van der Waals surface area contributed by atoms with Crippen LogP contribution in [0.25, 0.3) is 0 Å². The van der Waals surface area contributed by atoms with Crippen molar-refractivity contribution in [2.75, 3.05) is 30.3 Å². The van der Waals surface area contributed by atoms with Crippen molar-refractivity contribution in [2.24, 2.45) is 5.73 Å². The van der Waals surface area contributed by atoms with Crippen LogP contribution >= 0.6 is 11.6 Å². The number of carbonyl (C=O) groups is 3. The minimum absolute atomic E-state index is 0.0200. The highest BCUT2D eigenvalue weighted by Crippen LogP contribution is 2.26. The molecule has 0 bridgehead atoms. The van der Waals surface area contributed by atoms with Crippen molar-refractivity contribution in [3.8, 4) is 5.75 Å². The van der Waals surface area contributed by atoms with Crippen molar-refractivity contribution in [1.29, 1.82) is 0 Å². The lowest BCUT2D eigenvalue weighted by molar-refractivity contribution is -0.192. The van der Waals surface area contributed by atoms with Gasteiger partial charge in [-0.3, -0.25) is 9.59 Å². The molecule has 2 aromatic carbocycles. The number of piperidine rings is 1. The summed E-state index contributed by atoms with van der Waals surface area (Å²) in [5.41, 5.74) is 7.79. The number of nitrogens with two attached hydrogens (primary N) is 1. The molecular weight excluding hydrogens is 579 g/mol. The van der Waals surface area contributed by atoms with Crippen LogP contribution in [0.3, 0.4) is 0 Å². The molecule has 224 valence electrons. The van der Waals surface area contributed by atoms with Crippen LogP contribution in [0, 0.1) is 0 Å². The zero-order valence-corrected chi connectivity index (χ0v) is 23.0. The van der Waals surface area contributed by atoms with Crippen LogP contribution in [-0.4, -0.2) is 59.8 Å². The molecule has 0 saturated carbocycles. The third-order valence-electron chi connectivity index (χ3n) is 5.90. The van der Waals surface area contributed by atoms with E-state index in [9.17, 15) is 22.8 Å². The number of carboxylic acids is 1. The number of nitrogens with zero attached hydrogens (tertiary/aromatic N) is 1. The summed E-state index contributed by atoms with van der Waals surface area (Å²) in [6.45, 7) is 2.19. The molecule has 1 atom stereocenters. The number of halogens is 4. The summed E-state index contributed by atoms with van der Waals surface area (Å²) in [7, 11) is 0. The van der Waals surface area contributed by atoms with Crippen molar-refractivity contribution >= 4 is 40.9 Å². The Hall–Kier alpha value is -4.20. The number of amides is 2. The van der Waals surface area contributed by atoms with Gasteiger partial charge >= 0.3 is 12.1 Å². The Morgan fingerprint density at radius 3 is 2.40 bits per heavy atom. The van der Waals surface area contributed by atoms with E-state index in [1.165, 1.54) is 6.20 Å². The first-order valence-corrected chi connectivity index (χ1v) is 13.2. The number of para-hydroxylation sites is 1. The van der Waals surface area contributed by atoms with Gasteiger partial charge in [0.15, 0.2) is 0 Å². The fourth-order valence-corrected chi connectivity index (χ4v) is 4.00. The predicted octanol–water partition coefficient (Wildman–Crippen LogP) is 4.50. The average Bonchev–Trinajstić information content (AvgIpc) is 2.95. The number of carbonyl (C=O) groups excluding carboxylic acids is 2. The van der Waals surface area contributed by atoms with Crippen LogP contribution in [0.4, 0.5) is 24.7 Å². The number of nitrogens with one attached hydrogen (secondary N) is 3. The van der Waals surface area contributed by atoms with Gasteiger partial charge in [-0.05, 0) is 74.3 Å². The lowest BCUT2D eigenvalue weighted by atomic mass is 10.1. The Morgan fingerprint density at radius 2 is 1.79 bits per heavy atom. The first kappa shape index (κ1) is 32.3. The van der Waals surface area contributed by atoms with E-state index in [0.717, 1.165) is 31.5 Å². The minimum Gasteiger partial charge on any atom is -0.488 e. The monoisotopic (exact) mass is 607 g/mol. The maximum absolute atomic E-state index is 13.3. The molecule has 0 aliphatic carbocycles. The van der Waals surface area contributed by atoms with Gasteiger partial charge in [-0.25, -0.2) is 9.78 Å². The van der Waals surface area contributed by atoms with Gasteiger partial charge < -0.3 is 31.5 Å². The van der Waals surface area contributed by atoms with Crippen molar-refractivity contribution in [1.82, 2.24) is 10.3 Å². The lowest BCUT2D eigenvalue weighted by Crippen LogP contribution is -2.37. The maximum atomic E-state index is 13.3. The topological polar surface area (TPSA) is 156 Å². The number of rotatable bonds is 8. The summed E-state index contributed by atoms with van der Waals surface area (Å²) >= 11 is 5.86. The Kier molecular flexibility index (Phi) is 11.7. The Bertz CT molecular complexity index is 1380. The first-order valence-electron chi connectivity index (χ1n) is 12.8. The highest BCUT2D eigenvalue weighted by Gasteiger charge is 2.38. The molecule has 3 aromatic rings. The maximum Gasteiger partial charge on any atom is 0.490 e. The molecule has 14 heteroatoms. The molecule has 1 fully saturated rings. The van der Waals surface area contributed by atoms with Crippen LogP contribution < -0.4 is 26.4 Å². The Balaban J connectivity index is 0.000000616. The molecule has 1 unspecified atom stereocenters. The number of carboxylic acid groups (broad SMARTS) is 1. The van der Waals surface area contributed by atoms with Gasteiger partial charge in [-0.1, -0.05) is 29.8 Å². The first-order chi connectivity index (χ1) is 20.0.